The van der Waals surface area contributed by atoms with Gasteiger partial charge in [-0.2, -0.15) is 0 Å². The maximum Gasteiger partial charge on any atom is 0.274 e. The van der Waals surface area contributed by atoms with E-state index in [-0.39, 0.29) is 5.91 Å². The Labute approximate surface area is 122 Å². The van der Waals surface area contributed by atoms with Crippen molar-refractivity contribution in [2.24, 2.45) is 7.05 Å². The fraction of sp³-hybridized carbons (Fsp3) is 0.250. The number of imidazole rings is 1. The van der Waals surface area contributed by atoms with Crippen LogP contribution in [0.1, 0.15) is 21.7 Å². The number of H-pyrrole nitrogens is 1. The Morgan fingerprint density at radius 1 is 1.33 bits per heavy atom. The number of aromatic amines is 1. The van der Waals surface area contributed by atoms with Gasteiger partial charge < -0.3 is 14.5 Å². The molecule has 4 rings (SSSR count). The third-order valence-electron chi connectivity index (χ3n) is 4.09. The number of nitrogens with one attached hydrogen (secondary N) is 1. The zero-order valence-electron chi connectivity index (χ0n) is 11.8. The lowest BCUT2D eigenvalue weighted by Gasteiger charge is -2.26. The number of carbonyl (C=O) groups excluding carboxylic acids is 1. The number of para-hydroxylation sites is 1. The van der Waals surface area contributed by atoms with Gasteiger partial charge in [-0.1, -0.05) is 18.2 Å². The van der Waals surface area contributed by atoms with E-state index in [2.05, 4.69) is 28.2 Å². The summed E-state index contributed by atoms with van der Waals surface area (Å²) in [5, 5.41) is 1.28. The maximum atomic E-state index is 12.5. The Morgan fingerprint density at radius 3 is 3.00 bits per heavy atom. The molecule has 21 heavy (non-hydrogen) atoms. The van der Waals surface area contributed by atoms with Crippen LogP contribution in [0.2, 0.25) is 0 Å². The van der Waals surface area contributed by atoms with E-state index in [4.69, 9.17) is 0 Å². The van der Waals surface area contributed by atoms with Crippen LogP contribution in [0, 0.1) is 0 Å². The zero-order chi connectivity index (χ0) is 14.4. The molecule has 0 bridgehead atoms. The minimum atomic E-state index is -0.0000869. The quantitative estimate of drug-likeness (QED) is 0.742. The Bertz CT molecular complexity index is 830. The maximum absolute atomic E-state index is 12.5. The second-order valence-electron chi connectivity index (χ2n) is 5.53. The monoisotopic (exact) mass is 280 g/mol. The third kappa shape index (κ3) is 1.93. The van der Waals surface area contributed by atoms with E-state index in [1.165, 1.54) is 10.9 Å². The lowest BCUT2D eigenvalue weighted by molar-refractivity contribution is 0.0727. The number of hydrogen-bond donors (Lipinski definition) is 1. The van der Waals surface area contributed by atoms with Gasteiger partial charge >= 0.3 is 0 Å². The van der Waals surface area contributed by atoms with E-state index in [1.807, 2.05) is 18.0 Å². The standard InChI is InChI=1S/C16H16N4O/c1-19-8-15(17-10-19)16(21)20-7-6-12-11-4-2-3-5-13(11)18-14(12)9-20/h2-5,8,10,18H,6-7,9H2,1H3. The molecule has 3 aromatic rings. The van der Waals surface area contributed by atoms with E-state index in [0.717, 1.165) is 24.2 Å². The predicted octanol–water partition coefficient (Wildman–Crippen LogP) is 2.10. The van der Waals surface area contributed by atoms with Crippen LogP contribution in [0.4, 0.5) is 0 Å². The van der Waals surface area contributed by atoms with Crippen molar-refractivity contribution in [3.8, 4) is 0 Å². The summed E-state index contributed by atoms with van der Waals surface area (Å²) in [7, 11) is 1.87. The number of fused-ring (bicyclic) bond motifs is 3. The van der Waals surface area contributed by atoms with E-state index in [0.29, 0.717) is 12.2 Å². The lowest BCUT2D eigenvalue weighted by atomic mass is 10.0. The molecular weight excluding hydrogens is 264 g/mol. The van der Waals surface area contributed by atoms with Crippen molar-refractivity contribution in [2.45, 2.75) is 13.0 Å². The summed E-state index contributed by atoms with van der Waals surface area (Å²) in [5.74, 6) is -0.0000869. The second-order valence-corrected chi connectivity index (χ2v) is 5.53. The number of benzene rings is 1. The van der Waals surface area contributed by atoms with E-state index in [1.54, 1.807) is 17.1 Å². The number of carbonyl (C=O) groups is 1. The highest BCUT2D eigenvalue weighted by molar-refractivity contribution is 5.93. The molecule has 0 atom stereocenters. The van der Waals surface area contributed by atoms with Gasteiger partial charge in [0, 0.05) is 36.4 Å². The molecule has 0 unspecified atom stereocenters. The Morgan fingerprint density at radius 2 is 2.19 bits per heavy atom. The summed E-state index contributed by atoms with van der Waals surface area (Å²) in [4.78, 5) is 21.9. The first-order chi connectivity index (χ1) is 10.2. The third-order valence-corrected chi connectivity index (χ3v) is 4.09. The summed E-state index contributed by atoms with van der Waals surface area (Å²) >= 11 is 0. The Balaban J connectivity index is 1.66. The van der Waals surface area contributed by atoms with Crippen molar-refractivity contribution in [1.29, 1.82) is 0 Å². The van der Waals surface area contributed by atoms with E-state index < -0.39 is 0 Å². The molecule has 0 fully saturated rings. The molecule has 1 aromatic carbocycles. The highest BCUT2D eigenvalue weighted by Crippen LogP contribution is 2.27. The van der Waals surface area contributed by atoms with Crippen LogP contribution in [0.15, 0.2) is 36.8 Å². The SMILES string of the molecule is Cn1cnc(C(=O)N2CCc3c([nH]c4ccccc34)C2)c1. The predicted molar refractivity (Wildman–Crippen MR) is 80.0 cm³/mol. The highest BCUT2D eigenvalue weighted by Gasteiger charge is 2.25. The van der Waals surface area contributed by atoms with Crippen molar-refractivity contribution < 1.29 is 4.79 Å². The largest absolute Gasteiger partial charge is 0.357 e. The van der Waals surface area contributed by atoms with Crippen LogP contribution >= 0.6 is 0 Å². The Hall–Kier alpha value is -2.56. The minimum Gasteiger partial charge on any atom is -0.357 e. The highest BCUT2D eigenvalue weighted by atomic mass is 16.2. The lowest BCUT2D eigenvalue weighted by Crippen LogP contribution is -2.36. The number of rotatable bonds is 1. The van der Waals surface area contributed by atoms with Crippen molar-refractivity contribution in [1.82, 2.24) is 19.4 Å². The van der Waals surface area contributed by atoms with Gasteiger partial charge in [-0.05, 0) is 18.1 Å². The average Bonchev–Trinajstić information content (AvgIpc) is 3.09. The molecule has 5 heteroatoms. The van der Waals surface area contributed by atoms with Crippen molar-refractivity contribution in [3.63, 3.8) is 0 Å². The first-order valence-electron chi connectivity index (χ1n) is 7.08. The molecule has 1 aliphatic rings. The number of aryl methyl sites for hydroxylation is 1. The molecule has 5 nitrogen and oxygen atoms in total. The zero-order valence-corrected chi connectivity index (χ0v) is 11.8. The number of hydrogen-bond acceptors (Lipinski definition) is 2. The van der Waals surface area contributed by atoms with Gasteiger partial charge in [0.25, 0.3) is 5.91 Å². The van der Waals surface area contributed by atoms with Gasteiger partial charge in [0.15, 0.2) is 0 Å². The molecule has 3 heterocycles. The smallest absolute Gasteiger partial charge is 0.274 e. The van der Waals surface area contributed by atoms with Crippen LogP contribution in [0.3, 0.4) is 0 Å². The minimum absolute atomic E-state index is 0.0000869. The number of amides is 1. The molecule has 1 aliphatic heterocycles. The molecule has 1 N–H and O–H groups in total. The van der Waals surface area contributed by atoms with E-state index >= 15 is 0 Å². The van der Waals surface area contributed by atoms with Crippen molar-refractivity contribution in [2.75, 3.05) is 6.54 Å². The van der Waals surface area contributed by atoms with Crippen LogP contribution in [-0.4, -0.2) is 31.9 Å². The molecule has 0 saturated heterocycles. The molecule has 0 radical (unpaired) electrons. The van der Waals surface area contributed by atoms with Gasteiger partial charge in [-0.25, -0.2) is 4.98 Å². The summed E-state index contributed by atoms with van der Waals surface area (Å²) in [6.45, 7) is 1.36. The summed E-state index contributed by atoms with van der Waals surface area (Å²) in [6.07, 6.45) is 4.31. The second kappa shape index (κ2) is 4.48. The van der Waals surface area contributed by atoms with Crippen LogP contribution in [0.5, 0.6) is 0 Å². The van der Waals surface area contributed by atoms with Crippen molar-refractivity contribution >= 4 is 16.8 Å². The number of aromatic nitrogens is 3. The molecule has 2 aromatic heterocycles. The van der Waals surface area contributed by atoms with Crippen LogP contribution in [0.25, 0.3) is 10.9 Å². The molecular formula is C16H16N4O. The van der Waals surface area contributed by atoms with Gasteiger partial charge in [0.05, 0.1) is 12.9 Å². The van der Waals surface area contributed by atoms with Gasteiger partial charge in [-0.3, -0.25) is 4.79 Å². The van der Waals surface area contributed by atoms with Crippen molar-refractivity contribution in [3.05, 3.63) is 53.7 Å². The molecule has 0 spiro atoms. The van der Waals surface area contributed by atoms with E-state index in [9.17, 15) is 4.79 Å². The molecule has 0 saturated carbocycles. The van der Waals surface area contributed by atoms with Gasteiger partial charge in [0.2, 0.25) is 0 Å². The molecule has 0 aliphatic carbocycles. The fourth-order valence-corrected chi connectivity index (χ4v) is 3.05. The van der Waals surface area contributed by atoms with Gasteiger partial charge in [0.1, 0.15) is 5.69 Å². The molecule has 1 amide bonds. The van der Waals surface area contributed by atoms with Crippen LogP contribution in [-0.2, 0) is 20.0 Å². The Kier molecular flexibility index (Phi) is 2.60. The number of nitrogens with zero attached hydrogens (tertiary/aromatic N) is 3. The normalized spacial score (nSPS) is 14.4. The summed E-state index contributed by atoms with van der Waals surface area (Å²) in [5.41, 5.74) is 4.15. The first-order valence-corrected chi connectivity index (χ1v) is 7.08. The summed E-state index contributed by atoms with van der Waals surface area (Å²) in [6, 6.07) is 8.31. The topological polar surface area (TPSA) is 53.9 Å². The average molecular weight is 280 g/mol. The molecule has 106 valence electrons. The fourth-order valence-electron chi connectivity index (χ4n) is 3.05. The first kappa shape index (κ1) is 12.2. The van der Waals surface area contributed by atoms with Gasteiger partial charge in [-0.15, -0.1) is 0 Å². The van der Waals surface area contributed by atoms with Crippen LogP contribution < -0.4 is 0 Å². The summed E-state index contributed by atoms with van der Waals surface area (Å²) < 4.78 is 1.80.